The van der Waals surface area contributed by atoms with E-state index in [0.717, 1.165) is 12.1 Å². The summed E-state index contributed by atoms with van der Waals surface area (Å²) in [6.07, 6.45) is 1.10. The highest BCUT2D eigenvalue weighted by atomic mass is 19.2. The Balaban J connectivity index is 1.61. The van der Waals surface area contributed by atoms with E-state index in [1.807, 2.05) is 4.90 Å². The lowest BCUT2D eigenvalue weighted by Crippen LogP contribution is -2.49. The van der Waals surface area contributed by atoms with Crippen molar-refractivity contribution in [3.8, 4) is 0 Å². The summed E-state index contributed by atoms with van der Waals surface area (Å²) in [5.41, 5.74) is -0.147. The molecule has 1 fully saturated rings. The number of piperazine rings is 1. The number of hydrogen-bond acceptors (Lipinski definition) is 4. The molecule has 9 heteroatoms. The van der Waals surface area contributed by atoms with Crippen molar-refractivity contribution in [3.05, 3.63) is 41.5 Å². The molecule has 0 unspecified atom stereocenters. The van der Waals surface area contributed by atoms with Crippen molar-refractivity contribution in [2.45, 2.75) is 6.42 Å². The number of rotatable bonds is 3. The van der Waals surface area contributed by atoms with E-state index in [1.165, 1.54) is 6.33 Å². The number of hydrogen-bond donors (Lipinski definition) is 1. The van der Waals surface area contributed by atoms with Crippen molar-refractivity contribution in [1.82, 2.24) is 20.1 Å². The van der Waals surface area contributed by atoms with E-state index >= 15 is 0 Å². The van der Waals surface area contributed by atoms with Gasteiger partial charge in [-0.3, -0.25) is 4.79 Å². The topological polar surface area (TPSA) is 65.1 Å². The Morgan fingerprint density at radius 2 is 1.87 bits per heavy atom. The highest BCUT2D eigenvalue weighted by molar-refractivity contribution is 5.79. The van der Waals surface area contributed by atoms with Gasteiger partial charge in [0.1, 0.15) is 6.33 Å². The maximum atomic E-state index is 13.6. The molecule has 1 N–H and O–H groups in total. The Morgan fingerprint density at radius 3 is 2.52 bits per heavy atom. The van der Waals surface area contributed by atoms with Crippen molar-refractivity contribution in [1.29, 1.82) is 0 Å². The SMILES string of the molecule is O=C(Cc1ccc(F)c(F)c1F)N1CCN(c2ncn[nH]2)CC1. The van der Waals surface area contributed by atoms with Crippen LogP contribution in [0.3, 0.4) is 0 Å². The van der Waals surface area contributed by atoms with Crippen LogP contribution in [-0.2, 0) is 11.2 Å². The molecule has 0 bridgehead atoms. The molecule has 6 nitrogen and oxygen atoms in total. The van der Waals surface area contributed by atoms with E-state index in [2.05, 4.69) is 15.2 Å². The zero-order valence-electron chi connectivity index (χ0n) is 12.1. The molecule has 1 amide bonds. The molecule has 23 heavy (non-hydrogen) atoms. The molecular formula is C14H14F3N5O. The molecule has 2 aromatic rings. The van der Waals surface area contributed by atoms with Gasteiger partial charge in [0, 0.05) is 31.7 Å². The molecule has 3 rings (SSSR count). The highest BCUT2D eigenvalue weighted by Crippen LogP contribution is 2.17. The third kappa shape index (κ3) is 3.13. The van der Waals surface area contributed by atoms with Crippen molar-refractivity contribution < 1.29 is 18.0 Å². The fourth-order valence-electron chi connectivity index (χ4n) is 2.50. The number of benzene rings is 1. The number of anilines is 1. The number of aromatic nitrogens is 3. The quantitative estimate of drug-likeness (QED) is 0.859. The average molecular weight is 325 g/mol. The molecule has 0 aliphatic carbocycles. The fraction of sp³-hybridized carbons (Fsp3) is 0.357. The van der Waals surface area contributed by atoms with Crippen LogP contribution in [0.25, 0.3) is 0 Å². The van der Waals surface area contributed by atoms with Gasteiger partial charge in [0.25, 0.3) is 0 Å². The molecule has 1 aliphatic heterocycles. The number of carbonyl (C=O) groups excluding carboxylic acids is 1. The first kappa shape index (κ1) is 15.3. The summed E-state index contributed by atoms with van der Waals surface area (Å²) >= 11 is 0. The van der Waals surface area contributed by atoms with Crippen molar-refractivity contribution in [3.63, 3.8) is 0 Å². The van der Waals surface area contributed by atoms with Gasteiger partial charge in [0.05, 0.1) is 6.42 Å². The second-order valence-corrected chi connectivity index (χ2v) is 5.19. The first-order chi connectivity index (χ1) is 11.1. The van der Waals surface area contributed by atoms with Gasteiger partial charge in [-0.2, -0.15) is 10.1 Å². The summed E-state index contributed by atoms with van der Waals surface area (Å²) in [5.74, 6) is -3.82. The molecule has 0 radical (unpaired) electrons. The summed E-state index contributed by atoms with van der Waals surface area (Å²) in [7, 11) is 0. The maximum Gasteiger partial charge on any atom is 0.227 e. The predicted molar refractivity (Wildman–Crippen MR) is 75.2 cm³/mol. The largest absolute Gasteiger partial charge is 0.339 e. The molecular weight excluding hydrogens is 311 g/mol. The Hall–Kier alpha value is -2.58. The molecule has 122 valence electrons. The Labute approximate surface area is 129 Å². The van der Waals surface area contributed by atoms with Crippen LogP contribution in [-0.4, -0.2) is 52.2 Å². The average Bonchev–Trinajstić information content (AvgIpc) is 3.10. The van der Waals surface area contributed by atoms with Gasteiger partial charge < -0.3 is 9.80 Å². The van der Waals surface area contributed by atoms with E-state index in [0.29, 0.717) is 32.1 Å². The van der Waals surface area contributed by atoms with Crippen molar-refractivity contribution in [2.24, 2.45) is 0 Å². The van der Waals surface area contributed by atoms with E-state index in [9.17, 15) is 18.0 Å². The lowest BCUT2D eigenvalue weighted by molar-refractivity contribution is -0.130. The molecule has 0 saturated carbocycles. The number of halogens is 3. The number of nitrogens with one attached hydrogen (secondary N) is 1. The van der Waals surface area contributed by atoms with Crippen LogP contribution in [0.2, 0.25) is 0 Å². The van der Waals surface area contributed by atoms with E-state index < -0.39 is 17.5 Å². The van der Waals surface area contributed by atoms with Gasteiger partial charge in [-0.25, -0.2) is 18.3 Å². The van der Waals surface area contributed by atoms with Crippen molar-refractivity contribution in [2.75, 3.05) is 31.1 Å². The van der Waals surface area contributed by atoms with Gasteiger partial charge in [-0.15, -0.1) is 0 Å². The molecule has 1 aromatic carbocycles. The second-order valence-electron chi connectivity index (χ2n) is 5.19. The van der Waals surface area contributed by atoms with Crippen LogP contribution in [0, 0.1) is 17.5 Å². The molecule has 1 aromatic heterocycles. The molecule has 1 saturated heterocycles. The van der Waals surface area contributed by atoms with E-state index in [1.54, 1.807) is 4.90 Å². The minimum Gasteiger partial charge on any atom is -0.339 e. The first-order valence-electron chi connectivity index (χ1n) is 7.06. The molecule has 0 spiro atoms. The van der Waals surface area contributed by atoms with E-state index in [4.69, 9.17) is 0 Å². The lowest BCUT2D eigenvalue weighted by atomic mass is 10.1. The number of H-pyrrole nitrogens is 1. The Bertz CT molecular complexity index is 699. The number of nitrogens with zero attached hydrogens (tertiary/aromatic N) is 4. The minimum atomic E-state index is -1.55. The third-order valence-corrected chi connectivity index (χ3v) is 3.79. The molecule has 2 heterocycles. The fourth-order valence-corrected chi connectivity index (χ4v) is 2.50. The maximum absolute atomic E-state index is 13.6. The minimum absolute atomic E-state index is 0.147. The normalized spacial score (nSPS) is 15.1. The van der Waals surface area contributed by atoms with Gasteiger partial charge in [0.2, 0.25) is 11.9 Å². The summed E-state index contributed by atoms with van der Waals surface area (Å²) < 4.78 is 39.7. The Morgan fingerprint density at radius 1 is 1.13 bits per heavy atom. The van der Waals surface area contributed by atoms with Crippen LogP contribution in [0.5, 0.6) is 0 Å². The highest BCUT2D eigenvalue weighted by Gasteiger charge is 2.24. The number of carbonyl (C=O) groups is 1. The van der Waals surface area contributed by atoms with Crippen LogP contribution in [0.1, 0.15) is 5.56 Å². The molecule has 0 atom stereocenters. The summed E-state index contributed by atoms with van der Waals surface area (Å²) in [5, 5.41) is 6.51. The van der Waals surface area contributed by atoms with Crippen molar-refractivity contribution >= 4 is 11.9 Å². The van der Waals surface area contributed by atoms with Gasteiger partial charge in [-0.05, 0) is 6.07 Å². The number of amides is 1. The summed E-state index contributed by atoms with van der Waals surface area (Å²) in [4.78, 5) is 19.7. The lowest BCUT2D eigenvalue weighted by Gasteiger charge is -2.34. The van der Waals surface area contributed by atoms with Crippen LogP contribution >= 0.6 is 0 Å². The summed E-state index contributed by atoms with van der Waals surface area (Å²) in [6.45, 7) is 1.98. The predicted octanol–water partition coefficient (Wildman–Crippen LogP) is 1.11. The smallest absolute Gasteiger partial charge is 0.227 e. The molecule has 1 aliphatic rings. The van der Waals surface area contributed by atoms with Crippen LogP contribution in [0.15, 0.2) is 18.5 Å². The van der Waals surface area contributed by atoms with E-state index in [-0.39, 0.29) is 17.9 Å². The summed E-state index contributed by atoms with van der Waals surface area (Å²) in [6, 6.07) is 1.92. The van der Waals surface area contributed by atoms with Gasteiger partial charge in [0.15, 0.2) is 17.5 Å². The third-order valence-electron chi connectivity index (χ3n) is 3.79. The van der Waals surface area contributed by atoms with Crippen LogP contribution < -0.4 is 4.90 Å². The zero-order chi connectivity index (χ0) is 16.4. The Kier molecular flexibility index (Phi) is 4.18. The second kappa shape index (κ2) is 6.27. The first-order valence-corrected chi connectivity index (χ1v) is 7.06. The number of aromatic amines is 1. The van der Waals surface area contributed by atoms with Gasteiger partial charge >= 0.3 is 0 Å². The van der Waals surface area contributed by atoms with Gasteiger partial charge in [-0.1, -0.05) is 6.07 Å². The zero-order valence-corrected chi connectivity index (χ0v) is 12.1. The standard InChI is InChI=1S/C14H14F3N5O/c15-10-2-1-9(12(16)13(10)17)7-11(23)21-3-5-22(6-4-21)14-18-8-19-20-14/h1-2,8H,3-7H2,(H,18,19,20). The monoisotopic (exact) mass is 325 g/mol. The van der Waals surface area contributed by atoms with Crippen LogP contribution in [0.4, 0.5) is 19.1 Å².